The lowest BCUT2D eigenvalue weighted by Crippen LogP contribution is -2.16. The van der Waals surface area contributed by atoms with Crippen LogP contribution in [0.25, 0.3) is 0 Å². The molecule has 1 amide bonds. The maximum absolute atomic E-state index is 12.2. The van der Waals surface area contributed by atoms with Crippen LogP contribution in [0.5, 0.6) is 11.5 Å². The van der Waals surface area contributed by atoms with Crippen molar-refractivity contribution < 1.29 is 14.3 Å². The largest absolute Gasteiger partial charge is 0.493 e. The summed E-state index contributed by atoms with van der Waals surface area (Å²) < 4.78 is 10.3. The van der Waals surface area contributed by atoms with Gasteiger partial charge in [-0.05, 0) is 17.7 Å². The molecule has 0 spiro atoms. The first-order chi connectivity index (χ1) is 12.2. The highest BCUT2D eigenvalue weighted by molar-refractivity contribution is 6.06. The maximum Gasteiger partial charge on any atom is 0.267 e. The molecule has 6 nitrogen and oxygen atoms in total. The lowest BCUT2D eigenvalue weighted by Gasteiger charge is -2.10. The average molecular weight is 337 g/mol. The van der Waals surface area contributed by atoms with Crippen molar-refractivity contribution in [3.63, 3.8) is 0 Å². The molecular formula is C19H19N3O3. The molecule has 0 fully saturated rings. The molecular weight excluding hydrogens is 318 g/mol. The Hall–Kier alpha value is -3.46. The molecule has 0 unspecified atom stereocenters. The summed E-state index contributed by atoms with van der Waals surface area (Å²) in [6.07, 6.45) is 1.41. The summed E-state index contributed by atoms with van der Waals surface area (Å²) in [7, 11) is 3.04. The fraction of sp³-hybridized carbons (Fsp3) is 0.158. The van der Waals surface area contributed by atoms with Gasteiger partial charge in [-0.1, -0.05) is 30.3 Å². The van der Waals surface area contributed by atoms with Gasteiger partial charge in [0.1, 0.15) is 11.6 Å². The topological polar surface area (TPSA) is 83.4 Å². The van der Waals surface area contributed by atoms with Crippen molar-refractivity contribution in [3.8, 4) is 17.6 Å². The summed E-state index contributed by atoms with van der Waals surface area (Å²) in [5.41, 5.74) is 1.54. The second kappa shape index (κ2) is 8.99. The van der Waals surface area contributed by atoms with E-state index < -0.39 is 5.91 Å². The zero-order valence-corrected chi connectivity index (χ0v) is 14.1. The van der Waals surface area contributed by atoms with E-state index in [4.69, 9.17) is 9.47 Å². The Morgan fingerprint density at radius 2 is 1.84 bits per heavy atom. The number of hydrogen-bond acceptors (Lipinski definition) is 5. The zero-order chi connectivity index (χ0) is 18.1. The van der Waals surface area contributed by atoms with Crippen molar-refractivity contribution >= 4 is 11.6 Å². The number of nitrogens with zero attached hydrogens (tertiary/aromatic N) is 1. The van der Waals surface area contributed by atoms with Crippen LogP contribution in [-0.2, 0) is 11.3 Å². The second-order valence-electron chi connectivity index (χ2n) is 5.06. The molecule has 25 heavy (non-hydrogen) atoms. The molecule has 2 aromatic carbocycles. The molecule has 6 heteroatoms. The van der Waals surface area contributed by atoms with Gasteiger partial charge in [0.05, 0.1) is 14.2 Å². The fourth-order valence-electron chi connectivity index (χ4n) is 2.13. The molecule has 2 N–H and O–H groups in total. The van der Waals surface area contributed by atoms with Crippen LogP contribution in [0.1, 0.15) is 5.56 Å². The van der Waals surface area contributed by atoms with Gasteiger partial charge in [0.25, 0.3) is 5.91 Å². The second-order valence-corrected chi connectivity index (χ2v) is 5.06. The van der Waals surface area contributed by atoms with E-state index in [1.165, 1.54) is 20.4 Å². The van der Waals surface area contributed by atoms with Crippen LogP contribution >= 0.6 is 0 Å². The number of nitriles is 1. The van der Waals surface area contributed by atoms with Crippen molar-refractivity contribution in [3.05, 3.63) is 65.9 Å². The normalized spacial score (nSPS) is 10.5. The van der Waals surface area contributed by atoms with Crippen molar-refractivity contribution in [2.75, 3.05) is 19.5 Å². The number of methoxy groups -OCH3 is 2. The van der Waals surface area contributed by atoms with Crippen molar-refractivity contribution in [2.24, 2.45) is 0 Å². The lowest BCUT2D eigenvalue weighted by molar-refractivity contribution is -0.112. The molecule has 0 saturated carbocycles. The van der Waals surface area contributed by atoms with Crippen LogP contribution in [-0.4, -0.2) is 20.1 Å². The molecule has 0 aliphatic rings. The third kappa shape index (κ3) is 5.01. The highest BCUT2D eigenvalue weighted by atomic mass is 16.5. The minimum atomic E-state index is -0.504. The predicted octanol–water partition coefficient (Wildman–Crippen LogP) is 2.84. The van der Waals surface area contributed by atoms with E-state index >= 15 is 0 Å². The first-order valence-electron chi connectivity index (χ1n) is 7.59. The number of hydrogen-bond donors (Lipinski definition) is 2. The lowest BCUT2D eigenvalue weighted by atomic mass is 10.2. The first-order valence-corrected chi connectivity index (χ1v) is 7.59. The molecule has 2 aromatic rings. The number of ether oxygens (including phenoxy) is 2. The summed E-state index contributed by atoms with van der Waals surface area (Å²) in [6, 6.07) is 16.6. The Kier molecular flexibility index (Phi) is 6.43. The van der Waals surface area contributed by atoms with E-state index in [0.29, 0.717) is 23.7 Å². The summed E-state index contributed by atoms with van der Waals surface area (Å²) >= 11 is 0. The molecule has 0 bridgehead atoms. The van der Waals surface area contributed by atoms with Crippen LogP contribution in [0.4, 0.5) is 5.69 Å². The van der Waals surface area contributed by atoms with Gasteiger partial charge in [0.15, 0.2) is 11.5 Å². The van der Waals surface area contributed by atoms with E-state index in [-0.39, 0.29) is 5.57 Å². The van der Waals surface area contributed by atoms with Crippen LogP contribution in [0.2, 0.25) is 0 Å². The van der Waals surface area contributed by atoms with Gasteiger partial charge in [-0.15, -0.1) is 0 Å². The molecule has 2 rings (SSSR count). The van der Waals surface area contributed by atoms with Crippen LogP contribution in [0, 0.1) is 11.3 Å². The summed E-state index contributed by atoms with van der Waals surface area (Å²) in [5, 5.41) is 14.8. The number of benzene rings is 2. The molecule has 0 aromatic heterocycles. The van der Waals surface area contributed by atoms with Crippen LogP contribution in [0.3, 0.4) is 0 Å². The Balaban J connectivity index is 2.02. The average Bonchev–Trinajstić information content (AvgIpc) is 2.65. The third-order valence-electron chi connectivity index (χ3n) is 3.40. The summed E-state index contributed by atoms with van der Waals surface area (Å²) in [4.78, 5) is 12.2. The molecule has 0 aliphatic carbocycles. The van der Waals surface area contributed by atoms with Crippen molar-refractivity contribution in [2.45, 2.75) is 6.54 Å². The van der Waals surface area contributed by atoms with E-state index in [9.17, 15) is 10.1 Å². The molecule has 0 saturated heterocycles. The van der Waals surface area contributed by atoms with E-state index in [0.717, 1.165) is 5.56 Å². The van der Waals surface area contributed by atoms with E-state index in [2.05, 4.69) is 10.6 Å². The molecule has 128 valence electrons. The smallest absolute Gasteiger partial charge is 0.267 e. The SMILES string of the molecule is COc1ccc(NC(=O)/C(C#N)=C\NCc2ccccc2)cc1OC. The van der Waals surface area contributed by atoms with Crippen LogP contribution < -0.4 is 20.1 Å². The van der Waals surface area contributed by atoms with Gasteiger partial charge in [0.2, 0.25) is 0 Å². The van der Waals surface area contributed by atoms with Gasteiger partial charge in [-0.2, -0.15) is 5.26 Å². The number of carbonyl (C=O) groups excluding carboxylic acids is 1. The minimum Gasteiger partial charge on any atom is -0.493 e. The molecule has 0 radical (unpaired) electrons. The highest BCUT2D eigenvalue weighted by Gasteiger charge is 2.11. The molecule has 0 heterocycles. The van der Waals surface area contributed by atoms with Crippen molar-refractivity contribution in [1.82, 2.24) is 5.32 Å². The minimum absolute atomic E-state index is 0.0225. The van der Waals surface area contributed by atoms with Crippen molar-refractivity contribution in [1.29, 1.82) is 5.26 Å². The quantitative estimate of drug-likeness (QED) is 0.599. The van der Waals surface area contributed by atoms with Gasteiger partial charge in [-0.3, -0.25) is 4.79 Å². The number of carbonyl (C=O) groups is 1. The zero-order valence-electron chi connectivity index (χ0n) is 14.1. The van der Waals surface area contributed by atoms with Gasteiger partial charge < -0.3 is 20.1 Å². The molecule has 0 atom stereocenters. The molecule has 0 aliphatic heterocycles. The van der Waals surface area contributed by atoms with Gasteiger partial charge >= 0.3 is 0 Å². The standard InChI is InChI=1S/C19H19N3O3/c1-24-17-9-8-16(10-18(17)25-2)22-19(23)15(11-20)13-21-12-14-6-4-3-5-7-14/h3-10,13,21H,12H2,1-2H3,(H,22,23)/b15-13-. The fourth-order valence-corrected chi connectivity index (χ4v) is 2.13. The number of nitrogens with one attached hydrogen (secondary N) is 2. The summed E-state index contributed by atoms with van der Waals surface area (Å²) in [6.45, 7) is 0.523. The number of rotatable bonds is 7. The number of amides is 1. The van der Waals surface area contributed by atoms with Gasteiger partial charge in [0, 0.05) is 24.5 Å². The Morgan fingerprint density at radius 1 is 1.12 bits per heavy atom. The van der Waals surface area contributed by atoms with Gasteiger partial charge in [-0.25, -0.2) is 0 Å². The van der Waals surface area contributed by atoms with Crippen LogP contribution in [0.15, 0.2) is 60.3 Å². The maximum atomic E-state index is 12.2. The first kappa shape index (κ1) is 17.9. The van der Waals surface area contributed by atoms with E-state index in [1.54, 1.807) is 18.2 Å². The highest BCUT2D eigenvalue weighted by Crippen LogP contribution is 2.29. The Morgan fingerprint density at radius 3 is 2.48 bits per heavy atom. The monoisotopic (exact) mass is 337 g/mol. The summed E-state index contributed by atoms with van der Waals surface area (Å²) in [5.74, 6) is 0.543. The third-order valence-corrected chi connectivity index (χ3v) is 3.40. The van der Waals surface area contributed by atoms with E-state index in [1.807, 2.05) is 36.4 Å². The number of anilines is 1. The Labute approximate surface area is 146 Å². The Bertz CT molecular complexity index is 795. The predicted molar refractivity (Wildman–Crippen MR) is 95.2 cm³/mol.